The van der Waals surface area contributed by atoms with E-state index in [1.165, 1.54) is 4.31 Å². The largest absolute Gasteiger partial charge is 0.481 e. The average Bonchev–Trinajstić information content (AvgIpc) is 3.81. The number of rotatable bonds is 9. The topological polar surface area (TPSA) is 161 Å². The fraction of sp³-hybridized carbons (Fsp3) is 0.543. The number of aryl methyl sites for hydroxylation is 1. The summed E-state index contributed by atoms with van der Waals surface area (Å²) in [7, 11) is -3.87. The van der Waals surface area contributed by atoms with Crippen LogP contribution < -0.4 is 4.90 Å². The number of hydrogen-bond acceptors (Lipinski definition) is 9. The third-order valence-electron chi connectivity index (χ3n) is 10.6. The monoisotopic (exact) mass is 693 g/mol. The highest BCUT2D eigenvalue weighted by atomic mass is 32.2. The molecule has 4 fully saturated rings. The molecule has 2 aromatic rings. The Hall–Kier alpha value is -4.35. The first-order valence-electron chi connectivity index (χ1n) is 16.8. The maximum atomic E-state index is 13.6. The number of sulfonamides is 1. The van der Waals surface area contributed by atoms with Crippen LogP contribution in [0.1, 0.15) is 42.4 Å². The van der Waals surface area contributed by atoms with Gasteiger partial charge in [-0.05, 0) is 73.8 Å². The maximum absolute atomic E-state index is 13.6. The number of carboxylic acids is 1. The first-order chi connectivity index (χ1) is 23.5. The summed E-state index contributed by atoms with van der Waals surface area (Å²) >= 11 is 0. The summed E-state index contributed by atoms with van der Waals surface area (Å²) < 4.78 is 39.8. The lowest BCUT2D eigenvalue weighted by molar-refractivity contribution is -0.147. The molecule has 4 aliphatic rings. The summed E-state index contributed by atoms with van der Waals surface area (Å²) in [5, 5.41) is 19.5. The van der Waals surface area contributed by atoms with Crippen molar-refractivity contribution in [2.75, 3.05) is 63.1 Å². The Balaban J connectivity index is 0.987. The number of ether oxygens (including phenoxy) is 2. The van der Waals surface area contributed by atoms with Crippen molar-refractivity contribution in [1.82, 2.24) is 14.1 Å². The second-order valence-electron chi connectivity index (χ2n) is 13.8. The highest BCUT2D eigenvalue weighted by Crippen LogP contribution is 2.50. The van der Waals surface area contributed by atoms with Gasteiger partial charge in [0.25, 0.3) is 0 Å². The van der Waals surface area contributed by atoms with Gasteiger partial charge in [0.05, 0.1) is 28.8 Å². The number of piperazine rings is 1. The van der Waals surface area contributed by atoms with E-state index in [1.54, 1.807) is 15.9 Å². The molecule has 3 atom stereocenters. The van der Waals surface area contributed by atoms with E-state index >= 15 is 0 Å². The summed E-state index contributed by atoms with van der Waals surface area (Å²) in [5.41, 5.74) is 1.92. The van der Waals surface area contributed by atoms with E-state index in [4.69, 9.17) is 14.7 Å². The Labute approximate surface area is 287 Å². The fourth-order valence-electron chi connectivity index (χ4n) is 8.03. The fourth-order valence-corrected chi connectivity index (χ4v) is 9.99. The number of anilines is 1. The second kappa shape index (κ2) is 14.2. The van der Waals surface area contributed by atoms with E-state index < -0.39 is 39.3 Å². The lowest BCUT2D eigenvalue weighted by atomic mass is 9.87. The van der Waals surface area contributed by atoms with Crippen LogP contribution in [0, 0.1) is 35.5 Å². The van der Waals surface area contributed by atoms with Crippen molar-refractivity contribution < 1.29 is 37.4 Å². The van der Waals surface area contributed by atoms with Crippen LogP contribution in [0.5, 0.6) is 0 Å². The van der Waals surface area contributed by atoms with Crippen LogP contribution in [0.3, 0.4) is 0 Å². The van der Waals surface area contributed by atoms with Gasteiger partial charge in [-0.25, -0.2) is 18.0 Å². The first-order valence-corrected chi connectivity index (χ1v) is 18.4. The Kier molecular flexibility index (Phi) is 10.0. The van der Waals surface area contributed by atoms with Gasteiger partial charge >= 0.3 is 18.2 Å². The van der Waals surface area contributed by atoms with Crippen LogP contribution >= 0.6 is 0 Å². The lowest BCUT2D eigenvalue weighted by Crippen LogP contribution is -2.52. The Morgan fingerprint density at radius 3 is 2.29 bits per heavy atom. The van der Waals surface area contributed by atoms with Gasteiger partial charge in [-0.2, -0.15) is 9.57 Å². The molecule has 0 aromatic heterocycles. The quantitative estimate of drug-likeness (QED) is 0.411. The van der Waals surface area contributed by atoms with Crippen molar-refractivity contribution in [3.8, 4) is 6.07 Å². The molecule has 1 saturated carbocycles. The van der Waals surface area contributed by atoms with Gasteiger partial charge in [0, 0.05) is 51.5 Å². The molecule has 3 heterocycles. The SMILES string of the molecule is Cc1cc(C#N)ccc1N1CCN(S(=O)(=O)CC2(C(=O)O)C[C@H]3CN(C(=O)OC[C@@H]4CCCN4C(=O)OCc4ccccc4)C[C@@H]3C2)CC1. The van der Waals surface area contributed by atoms with Gasteiger partial charge in [0.2, 0.25) is 10.0 Å². The van der Waals surface area contributed by atoms with Gasteiger partial charge in [-0.3, -0.25) is 4.79 Å². The molecule has 49 heavy (non-hydrogen) atoms. The number of carbonyl (C=O) groups is 3. The summed E-state index contributed by atoms with van der Waals surface area (Å²) in [6, 6.07) is 16.7. The predicted octanol–water partition coefficient (Wildman–Crippen LogP) is 3.67. The van der Waals surface area contributed by atoms with Crippen LogP contribution in [0.25, 0.3) is 0 Å². The van der Waals surface area contributed by atoms with Gasteiger partial charge < -0.3 is 29.3 Å². The molecule has 262 valence electrons. The molecule has 0 bridgehead atoms. The van der Waals surface area contributed by atoms with Crippen LogP contribution in [0.4, 0.5) is 15.3 Å². The molecule has 0 radical (unpaired) electrons. The highest BCUT2D eigenvalue weighted by Gasteiger charge is 2.56. The summed E-state index contributed by atoms with van der Waals surface area (Å²) in [6.45, 7) is 4.66. The van der Waals surface area contributed by atoms with E-state index in [2.05, 4.69) is 11.0 Å². The Morgan fingerprint density at radius 1 is 0.959 bits per heavy atom. The van der Waals surface area contributed by atoms with E-state index in [1.807, 2.05) is 49.4 Å². The molecular formula is C35H43N5O8S. The Bertz CT molecular complexity index is 1690. The standard InChI is InChI=1S/C35H43N5O8S/c1-25-16-27(19-36)9-10-31(25)37-12-14-39(15-13-37)49(45,46)24-35(32(41)42)17-28-20-38(21-29(28)18-35)33(43)48-23-30-8-5-11-40(30)34(44)47-22-26-6-3-2-4-7-26/h2-4,6-7,9-10,16,28-30H,5,8,11-15,17-18,20-24H2,1H3,(H,41,42)/t28-,29-,30-/m0/s1. The van der Waals surface area contributed by atoms with Crippen molar-refractivity contribution in [3.05, 3.63) is 65.2 Å². The predicted molar refractivity (Wildman–Crippen MR) is 179 cm³/mol. The molecule has 3 aliphatic heterocycles. The number of nitriles is 1. The summed E-state index contributed by atoms with van der Waals surface area (Å²) in [6.07, 6.45) is 0.861. The molecule has 1 N–H and O–H groups in total. The van der Waals surface area contributed by atoms with E-state index in [-0.39, 0.29) is 57.0 Å². The number of amides is 2. The highest BCUT2D eigenvalue weighted by molar-refractivity contribution is 7.89. The molecule has 2 aromatic carbocycles. The van der Waals surface area contributed by atoms with Gasteiger partial charge in [0.15, 0.2) is 0 Å². The van der Waals surface area contributed by atoms with Crippen LogP contribution in [0.2, 0.25) is 0 Å². The average molecular weight is 694 g/mol. The molecule has 2 amide bonds. The molecule has 0 spiro atoms. The Morgan fingerprint density at radius 2 is 1.65 bits per heavy atom. The first kappa shape index (κ1) is 34.5. The number of benzene rings is 2. The molecule has 14 heteroatoms. The lowest BCUT2D eigenvalue weighted by Gasteiger charge is -2.37. The van der Waals surface area contributed by atoms with Crippen molar-refractivity contribution in [1.29, 1.82) is 5.26 Å². The second-order valence-corrected chi connectivity index (χ2v) is 15.7. The number of carbonyl (C=O) groups excluding carboxylic acids is 2. The van der Waals surface area contributed by atoms with E-state index in [9.17, 15) is 27.9 Å². The van der Waals surface area contributed by atoms with Crippen molar-refractivity contribution >= 4 is 33.9 Å². The normalized spacial score (nSPS) is 23.6. The number of likely N-dealkylation sites (tertiary alicyclic amines) is 2. The molecule has 0 unspecified atom stereocenters. The smallest absolute Gasteiger partial charge is 0.410 e. The molecule has 13 nitrogen and oxygen atoms in total. The molecule has 1 aliphatic carbocycles. The van der Waals surface area contributed by atoms with Gasteiger partial charge in [-0.1, -0.05) is 30.3 Å². The molecule has 6 rings (SSSR count). The number of aliphatic carboxylic acids is 1. The zero-order chi connectivity index (χ0) is 34.8. The van der Waals surface area contributed by atoms with Gasteiger partial charge in [-0.15, -0.1) is 0 Å². The van der Waals surface area contributed by atoms with Crippen LogP contribution in [-0.4, -0.2) is 110 Å². The minimum atomic E-state index is -3.87. The van der Waals surface area contributed by atoms with Crippen LogP contribution in [0.15, 0.2) is 48.5 Å². The zero-order valence-corrected chi connectivity index (χ0v) is 28.5. The zero-order valence-electron chi connectivity index (χ0n) is 27.7. The number of nitrogens with zero attached hydrogens (tertiary/aromatic N) is 5. The summed E-state index contributed by atoms with van der Waals surface area (Å²) in [4.78, 5) is 43.7. The summed E-state index contributed by atoms with van der Waals surface area (Å²) in [5.74, 6) is -1.88. The third-order valence-corrected chi connectivity index (χ3v) is 12.6. The van der Waals surface area contributed by atoms with Crippen molar-refractivity contribution in [3.63, 3.8) is 0 Å². The van der Waals surface area contributed by atoms with Gasteiger partial charge in [0.1, 0.15) is 13.2 Å². The van der Waals surface area contributed by atoms with Crippen LogP contribution in [-0.2, 0) is 30.9 Å². The molecule has 3 saturated heterocycles. The molecular weight excluding hydrogens is 650 g/mol. The minimum Gasteiger partial charge on any atom is -0.481 e. The van der Waals surface area contributed by atoms with Crippen molar-refractivity contribution in [2.24, 2.45) is 17.3 Å². The minimum absolute atomic E-state index is 0.0421. The van der Waals surface area contributed by atoms with E-state index in [0.29, 0.717) is 44.7 Å². The van der Waals surface area contributed by atoms with Crippen molar-refractivity contribution in [2.45, 2.75) is 45.3 Å². The third kappa shape index (κ3) is 7.47. The number of carboxylic acid groups (broad SMARTS) is 1. The van der Waals surface area contributed by atoms with E-state index in [0.717, 1.165) is 23.2 Å². The maximum Gasteiger partial charge on any atom is 0.410 e. The number of fused-ring (bicyclic) bond motifs is 1. The number of hydrogen-bond donors (Lipinski definition) is 1.